The quantitative estimate of drug-likeness (QED) is 0.355. The van der Waals surface area contributed by atoms with E-state index in [4.69, 9.17) is 10.9 Å². The van der Waals surface area contributed by atoms with E-state index in [0.29, 0.717) is 24.3 Å². The van der Waals surface area contributed by atoms with Crippen molar-refractivity contribution in [3.05, 3.63) is 29.6 Å². The third-order valence-corrected chi connectivity index (χ3v) is 3.99. The van der Waals surface area contributed by atoms with Crippen LogP contribution < -0.4 is 5.73 Å². The fraction of sp³-hybridized carbons (Fsp3) is 0.500. The molecular weight excluding hydrogens is 270 g/mol. The van der Waals surface area contributed by atoms with Crippen molar-refractivity contribution in [1.82, 2.24) is 14.8 Å². The first kappa shape index (κ1) is 15.2. The molecule has 2 rings (SSSR count). The number of aromatic nitrogens is 1. The number of amides is 1. The number of hydrogen-bond acceptors (Lipinski definition) is 5. The lowest BCUT2D eigenvalue weighted by atomic mass is 9.99. The molecule has 0 aromatic carbocycles. The predicted molar refractivity (Wildman–Crippen MR) is 79.4 cm³/mol. The number of nitrogens with two attached hydrogens (primary N) is 1. The van der Waals surface area contributed by atoms with Gasteiger partial charge >= 0.3 is 0 Å². The summed E-state index contributed by atoms with van der Waals surface area (Å²) in [4.78, 5) is 20.6. The summed E-state index contributed by atoms with van der Waals surface area (Å²) in [7, 11) is 2.06. The molecule has 1 amide bonds. The number of carbonyl (C=O) groups excluding carboxylic acids is 1. The summed E-state index contributed by atoms with van der Waals surface area (Å²) in [5, 5.41) is 11.5. The van der Waals surface area contributed by atoms with Gasteiger partial charge in [0.25, 0.3) is 5.91 Å². The molecule has 2 heterocycles. The number of piperazine rings is 1. The van der Waals surface area contributed by atoms with E-state index in [1.807, 2.05) is 4.90 Å². The summed E-state index contributed by atoms with van der Waals surface area (Å²) in [6.45, 7) is 6.40. The molecule has 7 nitrogen and oxygen atoms in total. The van der Waals surface area contributed by atoms with Crippen LogP contribution in [0.1, 0.15) is 29.9 Å². The molecular formula is C14H21N5O2. The Morgan fingerprint density at radius 2 is 2.14 bits per heavy atom. The summed E-state index contributed by atoms with van der Waals surface area (Å²) in [5.74, 6) is -0.121. The lowest BCUT2D eigenvalue weighted by Gasteiger charge is -2.45. The minimum Gasteiger partial charge on any atom is -0.409 e. The van der Waals surface area contributed by atoms with Gasteiger partial charge in [0.15, 0.2) is 5.84 Å². The second-order valence-electron chi connectivity index (χ2n) is 5.88. The van der Waals surface area contributed by atoms with Gasteiger partial charge < -0.3 is 15.8 Å². The number of amidine groups is 1. The van der Waals surface area contributed by atoms with Gasteiger partial charge in [-0.2, -0.15) is 0 Å². The van der Waals surface area contributed by atoms with Crippen molar-refractivity contribution in [3.8, 4) is 0 Å². The average Bonchev–Trinajstić information content (AvgIpc) is 2.48. The Hall–Kier alpha value is -2.15. The third kappa shape index (κ3) is 3.13. The largest absolute Gasteiger partial charge is 0.409 e. The summed E-state index contributed by atoms with van der Waals surface area (Å²) in [6, 6.07) is 3.22. The van der Waals surface area contributed by atoms with Crippen LogP contribution in [0.15, 0.2) is 23.5 Å². The zero-order valence-electron chi connectivity index (χ0n) is 12.6. The zero-order valence-corrected chi connectivity index (χ0v) is 12.6. The van der Waals surface area contributed by atoms with Gasteiger partial charge in [0, 0.05) is 36.9 Å². The number of carbonyl (C=O) groups is 1. The summed E-state index contributed by atoms with van der Waals surface area (Å²) >= 11 is 0. The number of likely N-dealkylation sites (N-methyl/N-ethyl adjacent to an activating group) is 1. The van der Waals surface area contributed by atoms with Crippen LogP contribution in [-0.2, 0) is 0 Å². The van der Waals surface area contributed by atoms with E-state index in [9.17, 15) is 4.79 Å². The van der Waals surface area contributed by atoms with Crippen LogP contribution in [0.5, 0.6) is 0 Å². The topological polar surface area (TPSA) is 95.0 Å². The lowest BCUT2D eigenvalue weighted by molar-refractivity contribution is 0.0307. The van der Waals surface area contributed by atoms with Gasteiger partial charge in [0.05, 0.1) is 0 Å². The number of hydrogen-bond donors (Lipinski definition) is 2. The number of oxime groups is 1. The van der Waals surface area contributed by atoms with Gasteiger partial charge in [0.2, 0.25) is 0 Å². The Kier molecular flexibility index (Phi) is 4.13. The molecule has 0 aliphatic carbocycles. The van der Waals surface area contributed by atoms with E-state index in [0.717, 1.165) is 6.54 Å². The summed E-state index contributed by atoms with van der Waals surface area (Å²) in [6.07, 6.45) is 1.43. The van der Waals surface area contributed by atoms with Crippen molar-refractivity contribution in [2.24, 2.45) is 10.9 Å². The minimum atomic E-state index is -0.0952. The molecule has 1 aromatic rings. The van der Waals surface area contributed by atoms with Crippen LogP contribution in [0, 0.1) is 0 Å². The normalized spacial score (nSPS) is 19.6. The van der Waals surface area contributed by atoms with E-state index in [-0.39, 0.29) is 17.3 Å². The fourth-order valence-corrected chi connectivity index (χ4v) is 2.31. The fourth-order valence-electron chi connectivity index (χ4n) is 2.31. The molecule has 0 unspecified atom stereocenters. The van der Waals surface area contributed by atoms with Crippen LogP contribution in [0.4, 0.5) is 0 Å². The van der Waals surface area contributed by atoms with Crippen molar-refractivity contribution in [1.29, 1.82) is 0 Å². The van der Waals surface area contributed by atoms with Crippen LogP contribution in [0.25, 0.3) is 0 Å². The van der Waals surface area contributed by atoms with Crippen LogP contribution in [-0.4, -0.2) is 64.0 Å². The Labute approximate surface area is 124 Å². The highest BCUT2D eigenvalue weighted by Gasteiger charge is 2.33. The summed E-state index contributed by atoms with van der Waals surface area (Å²) < 4.78 is 0. The van der Waals surface area contributed by atoms with Crippen LogP contribution in [0.2, 0.25) is 0 Å². The van der Waals surface area contributed by atoms with Crippen molar-refractivity contribution >= 4 is 11.7 Å². The molecule has 21 heavy (non-hydrogen) atoms. The molecule has 0 spiro atoms. The van der Waals surface area contributed by atoms with Gasteiger partial charge in [-0.25, -0.2) is 0 Å². The van der Waals surface area contributed by atoms with Gasteiger partial charge in [-0.1, -0.05) is 5.16 Å². The number of pyridine rings is 1. The summed E-state index contributed by atoms with van der Waals surface area (Å²) in [5.41, 5.74) is 6.26. The van der Waals surface area contributed by atoms with Crippen molar-refractivity contribution in [3.63, 3.8) is 0 Å². The Morgan fingerprint density at radius 1 is 1.43 bits per heavy atom. The molecule has 1 aliphatic rings. The van der Waals surface area contributed by atoms with E-state index in [1.54, 1.807) is 12.1 Å². The van der Waals surface area contributed by atoms with Crippen LogP contribution in [0.3, 0.4) is 0 Å². The third-order valence-electron chi connectivity index (χ3n) is 3.99. The highest BCUT2D eigenvalue weighted by molar-refractivity contribution is 5.98. The first-order valence-corrected chi connectivity index (χ1v) is 6.79. The van der Waals surface area contributed by atoms with E-state index >= 15 is 0 Å². The molecule has 0 saturated carbocycles. The van der Waals surface area contributed by atoms with Gasteiger partial charge in [-0.15, -0.1) is 0 Å². The maximum absolute atomic E-state index is 12.5. The second kappa shape index (κ2) is 5.69. The average molecular weight is 291 g/mol. The molecule has 0 radical (unpaired) electrons. The van der Waals surface area contributed by atoms with Crippen molar-refractivity contribution in [2.75, 3.05) is 26.7 Å². The first-order valence-electron chi connectivity index (χ1n) is 6.79. The SMILES string of the molecule is CN1CCN(C(=O)c2ccc(C(N)=NO)cn2)CC1(C)C. The molecule has 0 atom stereocenters. The van der Waals surface area contributed by atoms with Gasteiger partial charge in [0.1, 0.15) is 5.69 Å². The predicted octanol–water partition coefficient (Wildman–Crippen LogP) is 0.342. The first-order chi connectivity index (χ1) is 9.85. The maximum Gasteiger partial charge on any atom is 0.272 e. The number of nitrogens with zero attached hydrogens (tertiary/aromatic N) is 4. The standard InChI is InChI=1S/C14H21N5O2/c1-14(2)9-19(7-6-18(14)3)13(20)11-5-4-10(8-16-11)12(15)17-21/h4-5,8,21H,6-7,9H2,1-3H3,(H2,15,17). The van der Waals surface area contributed by atoms with Gasteiger partial charge in [-0.05, 0) is 33.0 Å². The molecule has 1 aromatic heterocycles. The van der Waals surface area contributed by atoms with Crippen molar-refractivity contribution in [2.45, 2.75) is 19.4 Å². The van der Waals surface area contributed by atoms with Crippen molar-refractivity contribution < 1.29 is 10.0 Å². The molecule has 3 N–H and O–H groups in total. The maximum atomic E-state index is 12.5. The molecule has 114 valence electrons. The molecule has 1 saturated heterocycles. The highest BCUT2D eigenvalue weighted by Crippen LogP contribution is 2.20. The smallest absolute Gasteiger partial charge is 0.272 e. The highest BCUT2D eigenvalue weighted by atomic mass is 16.4. The van der Waals surface area contributed by atoms with E-state index in [1.165, 1.54) is 6.20 Å². The molecule has 1 aliphatic heterocycles. The Balaban J connectivity index is 2.14. The van der Waals surface area contributed by atoms with Crippen LogP contribution >= 0.6 is 0 Å². The van der Waals surface area contributed by atoms with Gasteiger partial charge in [-0.3, -0.25) is 14.7 Å². The Morgan fingerprint density at radius 3 is 2.67 bits per heavy atom. The minimum absolute atomic E-state index is 0.0257. The molecule has 0 bridgehead atoms. The molecule has 7 heteroatoms. The van der Waals surface area contributed by atoms with E-state index < -0.39 is 0 Å². The van der Waals surface area contributed by atoms with E-state index in [2.05, 4.69) is 35.9 Å². The molecule has 1 fully saturated rings. The zero-order chi connectivity index (χ0) is 15.6. The lowest BCUT2D eigenvalue weighted by Crippen LogP contribution is -2.58. The monoisotopic (exact) mass is 291 g/mol. The number of rotatable bonds is 2. The Bertz CT molecular complexity index is 553. The second-order valence-corrected chi connectivity index (χ2v) is 5.88.